The Morgan fingerprint density at radius 3 is 2.50 bits per heavy atom. The van der Waals surface area contributed by atoms with Gasteiger partial charge < -0.3 is 9.69 Å². The Bertz CT molecular complexity index is 524. The first-order valence-corrected chi connectivity index (χ1v) is 6.61. The molecule has 0 bridgehead atoms. The standard InChI is InChI=1S/C15H18N2O3/c1-11(6-7-18)12-4-3-5-13(8-12)17-9-14(19)16(2)15(20)10-17/h3-5,7-8,11H,6,9-10H2,1-2H3. The van der Waals surface area contributed by atoms with Gasteiger partial charge in [0.25, 0.3) is 0 Å². The van der Waals surface area contributed by atoms with Gasteiger partial charge in [-0.1, -0.05) is 19.1 Å². The first-order chi connectivity index (χ1) is 9.52. The molecule has 0 spiro atoms. The van der Waals surface area contributed by atoms with Gasteiger partial charge in [-0.25, -0.2) is 0 Å². The van der Waals surface area contributed by atoms with E-state index in [0.29, 0.717) is 6.42 Å². The minimum Gasteiger partial charge on any atom is -0.353 e. The summed E-state index contributed by atoms with van der Waals surface area (Å²) in [6.45, 7) is 2.38. The Balaban J connectivity index is 2.21. The zero-order valence-electron chi connectivity index (χ0n) is 11.7. The normalized spacial score (nSPS) is 17.3. The molecule has 1 aromatic rings. The van der Waals surface area contributed by atoms with Crippen molar-refractivity contribution in [1.82, 2.24) is 4.90 Å². The number of amides is 2. The summed E-state index contributed by atoms with van der Waals surface area (Å²) in [5, 5.41) is 0. The number of rotatable bonds is 4. The molecular weight excluding hydrogens is 256 g/mol. The van der Waals surface area contributed by atoms with Crippen molar-refractivity contribution < 1.29 is 14.4 Å². The highest BCUT2D eigenvalue weighted by Gasteiger charge is 2.28. The first-order valence-electron chi connectivity index (χ1n) is 6.61. The molecule has 1 fully saturated rings. The summed E-state index contributed by atoms with van der Waals surface area (Å²) in [4.78, 5) is 37.0. The van der Waals surface area contributed by atoms with Crippen molar-refractivity contribution in [3.63, 3.8) is 0 Å². The summed E-state index contributed by atoms with van der Waals surface area (Å²) in [5.41, 5.74) is 1.88. The highest BCUT2D eigenvalue weighted by Crippen LogP contribution is 2.24. The van der Waals surface area contributed by atoms with E-state index in [1.54, 1.807) is 4.90 Å². The lowest BCUT2D eigenvalue weighted by Crippen LogP contribution is -2.52. The van der Waals surface area contributed by atoms with Gasteiger partial charge in [0.1, 0.15) is 6.29 Å². The number of anilines is 1. The van der Waals surface area contributed by atoms with Crippen molar-refractivity contribution in [2.45, 2.75) is 19.3 Å². The van der Waals surface area contributed by atoms with Gasteiger partial charge in [-0.15, -0.1) is 0 Å². The lowest BCUT2D eigenvalue weighted by molar-refractivity contribution is -0.143. The SMILES string of the molecule is CC(CC=O)c1cccc(N2CC(=O)N(C)C(=O)C2)c1. The average molecular weight is 274 g/mol. The Morgan fingerprint density at radius 2 is 1.90 bits per heavy atom. The van der Waals surface area contributed by atoms with Gasteiger partial charge in [0.2, 0.25) is 11.8 Å². The van der Waals surface area contributed by atoms with Crippen LogP contribution in [0.15, 0.2) is 24.3 Å². The maximum Gasteiger partial charge on any atom is 0.248 e. The van der Waals surface area contributed by atoms with Crippen molar-refractivity contribution >= 4 is 23.8 Å². The summed E-state index contributed by atoms with van der Waals surface area (Å²) < 4.78 is 0. The highest BCUT2D eigenvalue weighted by atomic mass is 16.2. The molecule has 5 nitrogen and oxygen atoms in total. The number of nitrogens with zero attached hydrogens (tertiary/aromatic N) is 2. The number of piperazine rings is 1. The molecule has 2 amide bonds. The number of carbonyl (C=O) groups excluding carboxylic acids is 3. The van der Waals surface area contributed by atoms with E-state index < -0.39 is 0 Å². The molecule has 0 radical (unpaired) electrons. The molecule has 1 unspecified atom stereocenters. The van der Waals surface area contributed by atoms with Crippen LogP contribution < -0.4 is 4.90 Å². The third-order valence-corrected chi connectivity index (χ3v) is 3.65. The number of likely N-dealkylation sites (N-methyl/N-ethyl adjacent to an activating group) is 1. The van der Waals surface area contributed by atoms with E-state index in [-0.39, 0.29) is 30.8 Å². The fraction of sp³-hybridized carbons (Fsp3) is 0.400. The monoisotopic (exact) mass is 274 g/mol. The van der Waals surface area contributed by atoms with Gasteiger partial charge >= 0.3 is 0 Å². The second kappa shape index (κ2) is 5.86. The van der Waals surface area contributed by atoms with Crippen molar-refractivity contribution in [3.05, 3.63) is 29.8 Å². The minimum absolute atomic E-state index is 0.131. The molecule has 20 heavy (non-hydrogen) atoms. The van der Waals surface area contributed by atoms with Gasteiger partial charge in [-0.2, -0.15) is 0 Å². The van der Waals surface area contributed by atoms with Gasteiger partial charge in [-0.3, -0.25) is 14.5 Å². The van der Waals surface area contributed by atoms with Gasteiger partial charge in [-0.05, 0) is 23.6 Å². The third-order valence-electron chi connectivity index (χ3n) is 3.65. The Kier molecular flexibility index (Phi) is 4.17. The largest absolute Gasteiger partial charge is 0.353 e. The highest BCUT2D eigenvalue weighted by molar-refractivity contribution is 6.02. The van der Waals surface area contributed by atoms with Crippen LogP contribution in [0.5, 0.6) is 0 Å². The zero-order chi connectivity index (χ0) is 14.7. The summed E-state index contributed by atoms with van der Waals surface area (Å²) in [6.07, 6.45) is 1.37. The van der Waals surface area contributed by atoms with Crippen LogP contribution in [0.1, 0.15) is 24.8 Å². The molecule has 5 heteroatoms. The smallest absolute Gasteiger partial charge is 0.248 e. The molecule has 1 atom stereocenters. The maximum atomic E-state index is 11.7. The van der Waals surface area contributed by atoms with Crippen LogP contribution in [-0.2, 0) is 14.4 Å². The van der Waals surface area contributed by atoms with Crippen LogP contribution in [0.25, 0.3) is 0 Å². The van der Waals surface area contributed by atoms with Gasteiger partial charge in [0.05, 0.1) is 13.1 Å². The summed E-state index contributed by atoms with van der Waals surface area (Å²) in [7, 11) is 1.50. The molecule has 0 aliphatic carbocycles. The van der Waals surface area contributed by atoms with E-state index >= 15 is 0 Å². The van der Waals surface area contributed by atoms with Gasteiger partial charge in [0, 0.05) is 19.2 Å². The Hall–Kier alpha value is -2.17. The topological polar surface area (TPSA) is 57.7 Å². The lowest BCUT2D eigenvalue weighted by Gasteiger charge is -2.32. The molecular formula is C15H18N2O3. The maximum absolute atomic E-state index is 11.7. The minimum atomic E-state index is -0.201. The molecule has 0 saturated carbocycles. The molecule has 1 heterocycles. The third kappa shape index (κ3) is 2.87. The quantitative estimate of drug-likeness (QED) is 0.611. The molecule has 0 aromatic heterocycles. The molecule has 1 aliphatic heterocycles. The zero-order valence-corrected chi connectivity index (χ0v) is 11.7. The molecule has 1 saturated heterocycles. The van der Waals surface area contributed by atoms with Gasteiger partial charge in [0.15, 0.2) is 0 Å². The van der Waals surface area contributed by atoms with Crippen molar-refractivity contribution in [3.8, 4) is 0 Å². The Labute approximate surface area is 118 Å². The number of aldehydes is 1. The fourth-order valence-electron chi connectivity index (χ4n) is 2.22. The van der Waals surface area contributed by atoms with E-state index in [0.717, 1.165) is 22.4 Å². The fourth-order valence-corrected chi connectivity index (χ4v) is 2.22. The molecule has 1 aromatic carbocycles. The van der Waals surface area contributed by atoms with E-state index in [9.17, 15) is 14.4 Å². The summed E-state index contributed by atoms with van der Waals surface area (Å²) in [5.74, 6) is -0.272. The van der Waals surface area contributed by atoms with Crippen LogP contribution in [0.3, 0.4) is 0 Å². The van der Waals surface area contributed by atoms with Crippen LogP contribution in [0.2, 0.25) is 0 Å². The van der Waals surface area contributed by atoms with E-state index in [1.807, 2.05) is 31.2 Å². The average Bonchev–Trinajstić information content (AvgIpc) is 2.44. The van der Waals surface area contributed by atoms with E-state index in [2.05, 4.69) is 0 Å². The number of benzene rings is 1. The van der Waals surface area contributed by atoms with E-state index in [4.69, 9.17) is 0 Å². The molecule has 0 N–H and O–H groups in total. The van der Waals surface area contributed by atoms with Crippen LogP contribution in [-0.4, -0.2) is 43.1 Å². The van der Waals surface area contributed by atoms with Crippen molar-refractivity contribution in [1.29, 1.82) is 0 Å². The number of imide groups is 1. The van der Waals surface area contributed by atoms with Crippen LogP contribution >= 0.6 is 0 Å². The summed E-state index contributed by atoms with van der Waals surface area (Å²) in [6, 6.07) is 7.67. The van der Waals surface area contributed by atoms with Crippen molar-refractivity contribution in [2.24, 2.45) is 0 Å². The molecule has 2 rings (SSSR count). The molecule has 106 valence electrons. The Morgan fingerprint density at radius 1 is 1.25 bits per heavy atom. The van der Waals surface area contributed by atoms with E-state index in [1.165, 1.54) is 7.05 Å². The number of hydrogen-bond donors (Lipinski definition) is 0. The van der Waals surface area contributed by atoms with Crippen LogP contribution in [0.4, 0.5) is 5.69 Å². The number of hydrogen-bond acceptors (Lipinski definition) is 4. The summed E-state index contributed by atoms with van der Waals surface area (Å²) >= 11 is 0. The first kappa shape index (κ1) is 14.2. The molecule has 1 aliphatic rings. The predicted octanol–water partition coefficient (Wildman–Crippen LogP) is 1.18. The lowest BCUT2D eigenvalue weighted by atomic mass is 9.98. The number of carbonyl (C=O) groups is 3. The van der Waals surface area contributed by atoms with Crippen LogP contribution in [0, 0.1) is 0 Å². The second-order valence-corrected chi connectivity index (χ2v) is 5.10. The predicted molar refractivity (Wildman–Crippen MR) is 75.5 cm³/mol. The van der Waals surface area contributed by atoms with Crippen molar-refractivity contribution in [2.75, 3.05) is 25.0 Å². The second-order valence-electron chi connectivity index (χ2n) is 5.10.